The van der Waals surface area contributed by atoms with Crippen molar-refractivity contribution in [1.82, 2.24) is 14.5 Å². The molecule has 0 aliphatic heterocycles. The second-order valence-electron chi connectivity index (χ2n) is 10.1. The van der Waals surface area contributed by atoms with Gasteiger partial charge in [0.25, 0.3) is 0 Å². The maximum absolute atomic E-state index is 9.35. The van der Waals surface area contributed by atoms with Crippen molar-refractivity contribution in [2.75, 3.05) is 0 Å². The fraction of sp³-hybridized carbons (Fsp3) is 0. The highest BCUT2D eigenvalue weighted by Crippen LogP contribution is 2.40. The zero-order valence-electron chi connectivity index (χ0n) is 22.2. The van der Waals surface area contributed by atoms with Gasteiger partial charge in [-0.25, -0.2) is 14.8 Å². The van der Waals surface area contributed by atoms with Crippen molar-refractivity contribution < 1.29 is 0 Å². The van der Waals surface area contributed by atoms with Crippen LogP contribution in [-0.2, 0) is 0 Å². The third kappa shape index (κ3) is 4.04. The first-order valence-corrected chi connectivity index (χ1v) is 14.9. The molecule has 5 aromatic carbocycles. The van der Waals surface area contributed by atoms with E-state index in [2.05, 4.69) is 57.9 Å². The van der Waals surface area contributed by atoms with Crippen LogP contribution in [0.15, 0.2) is 97.1 Å². The smallest absolute Gasteiger partial charge is 0.189 e. The molecule has 0 spiro atoms. The number of hydrogen-bond acceptors (Lipinski definition) is 6. The first kappa shape index (κ1) is 24.9. The van der Waals surface area contributed by atoms with Crippen LogP contribution in [0.2, 0.25) is 0 Å². The van der Waals surface area contributed by atoms with Crippen molar-refractivity contribution in [1.29, 1.82) is 10.5 Å². The topological polar surface area (TPSA) is 82.6 Å². The van der Waals surface area contributed by atoms with Crippen LogP contribution < -0.4 is 0 Å². The molecule has 0 N–H and O–H groups in total. The first-order chi connectivity index (χ1) is 21.1. The monoisotopic (exact) mass is 584 g/mol. The number of rotatable bonds is 3. The summed E-state index contributed by atoms with van der Waals surface area (Å²) >= 11 is 3.22. The Morgan fingerprint density at radius 3 is 1.77 bits per heavy atom. The van der Waals surface area contributed by atoms with Gasteiger partial charge in [0.2, 0.25) is 0 Å². The summed E-state index contributed by atoms with van der Waals surface area (Å²) in [7, 11) is 0. The average Bonchev–Trinajstić information content (AvgIpc) is 3.77. The van der Waals surface area contributed by atoms with E-state index < -0.39 is 0 Å². The van der Waals surface area contributed by atoms with Crippen LogP contribution >= 0.6 is 22.7 Å². The molecule has 3 heterocycles. The summed E-state index contributed by atoms with van der Waals surface area (Å²) in [6.07, 6.45) is 0. The molecule has 0 bridgehead atoms. The minimum atomic E-state index is 0.580. The van der Waals surface area contributed by atoms with Crippen LogP contribution in [0.1, 0.15) is 11.1 Å². The molecule has 0 aliphatic carbocycles. The Labute approximate surface area is 253 Å². The van der Waals surface area contributed by atoms with Crippen LogP contribution in [0.25, 0.3) is 73.9 Å². The van der Waals surface area contributed by atoms with Crippen molar-refractivity contribution in [2.24, 2.45) is 0 Å². The van der Waals surface area contributed by atoms with Gasteiger partial charge in [0, 0.05) is 27.6 Å². The second kappa shape index (κ2) is 9.62. The van der Waals surface area contributed by atoms with Crippen molar-refractivity contribution in [3.05, 3.63) is 120 Å². The van der Waals surface area contributed by atoms with Gasteiger partial charge in [0.05, 0.1) is 61.3 Å². The molecule has 0 fully saturated rings. The number of nitriles is 2. The second-order valence-corrected chi connectivity index (χ2v) is 12.1. The number of aromatic nitrogens is 3. The summed E-state index contributed by atoms with van der Waals surface area (Å²) in [5, 5.41) is 22.6. The highest BCUT2D eigenvalue weighted by Gasteiger charge is 2.17. The van der Waals surface area contributed by atoms with Crippen molar-refractivity contribution in [3.8, 4) is 39.0 Å². The molecule has 8 aromatic rings. The van der Waals surface area contributed by atoms with E-state index in [1.54, 1.807) is 22.7 Å². The highest BCUT2D eigenvalue weighted by molar-refractivity contribution is 7.22. The molecule has 0 saturated heterocycles. The lowest BCUT2D eigenvalue weighted by Gasteiger charge is -2.08. The van der Waals surface area contributed by atoms with Gasteiger partial charge in [-0.1, -0.05) is 12.1 Å². The van der Waals surface area contributed by atoms with Gasteiger partial charge in [-0.2, -0.15) is 10.5 Å². The van der Waals surface area contributed by atoms with Gasteiger partial charge in [-0.05, 0) is 84.9 Å². The Kier molecular flexibility index (Phi) is 5.57. The summed E-state index contributed by atoms with van der Waals surface area (Å²) in [6, 6.07) is 36.1. The van der Waals surface area contributed by atoms with E-state index in [9.17, 15) is 10.5 Å². The Balaban J connectivity index is 1.35. The van der Waals surface area contributed by atoms with Gasteiger partial charge >= 0.3 is 0 Å². The molecular weight excluding hydrogens is 569 g/mol. The standard InChI is InChI=1S/C35H16N6S2/c1-38-24-7-13-33-29(17-24)40-35(43-33)23-6-11-31-27(16-23)26-15-22(34-39-28-14-21(19-37)4-12-32(28)42-34)5-10-30(26)41(31)25-8-2-20(18-36)3-9-25/h2-17H. The first-order valence-electron chi connectivity index (χ1n) is 13.3. The van der Waals surface area contributed by atoms with Crippen molar-refractivity contribution in [3.63, 3.8) is 0 Å². The highest BCUT2D eigenvalue weighted by atomic mass is 32.1. The van der Waals surface area contributed by atoms with Crippen LogP contribution in [0, 0.1) is 29.2 Å². The largest absolute Gasteiger partial charge is 0.309 e. The summed E-state index contributed by atoms with van der Waals surface area (Å²) in [5.74, 6) is 0. The Morgan fingerprint density at radius 1 is 0.628 bits per heavy atom. The summed E-state index contributed by atoms with van der Waals surface area (Å²) in [4.78, 5) is 13.3. The maximum atomic E-state index is 9.35. The molecule has 0 amide bonds. The molecule has 0 aliphatic rings. The molecule has 43 heavy (non-hydrogen) atoms. The van der Waals surface area contributed by atoms with E-state index in [1.807, 2.05) is 60.7 Å². The van der Waals surface area contributed by atoms with E-state index in [0.29, 0.717) is 16.8 Å². The van der Waals surface area contributed by atoms with E-state index in [4.69, 9.17) is 16.5 Å². The van der Waals surface area contributed by atoms with Gasteiger partial charge in [-0.3, -0.25) is 0 Å². The van der Waals surface area contributed by atoms with Gasteiger partial charge in [-0.15, -0.1) is 22.7 Å². The molecule has 8 rings (SSSR count). The summed E-state index contributed by atoms with van der Waals surface area (Å²) in [6.45, 7) is 7.35. The molecular formula is C35H16N6S2. The van der Waals surface area contributed by atoms with Crippen LogP contribution in [-0.4, -0.2) is 14.5 Å². The number of nitrogens with zero attached hydrogens (tertiary/aromatic N) is 6. The van der Waals surface area contributed by atoms with Gasteiger partial charge < -0.3 is 4.57 Å². The number of fused-ring (bicyclic) bond motifs is 5. The van der Waals surface area contributed by atoms with Crippen molar-refractivity contribution >= 4 is 70.6 Å². The van der Waals surface area contributed by atoms with E-state index >= 15 is 0 Å². The molecule has 0 radical (unpaired) electrons. The Morgan fingerprint density at radius 2 is 1.19 bits per heavy atom. The van der Waals surface area contributed by atoms with Gasteiger partial charge in [0.1, 0.15) is 10.0 Å². The Bertz CT molecular complexity index is 2400. The van der Waals surface area contributed by atoms with E-state index in [1.165, 1.54) is 0 Å². The number of benzene rings is 5. The quantitative estimate of drug-likeness (QED) is 0.194. The fourth-order valence-corrected chi connectivity index (χ4v) is 7.37. The molecule has 0 atom stereocenters. The third-order valence-corrected chi connectivity index (χ3v) is 9.70. The Hall–Kier alpha value is -5.85. The maximum Gasteiger partial charge on any atom is 0.189 e. The average molecular weight is 585 g/mol. The molecule has 3 aromatic heterocycles. The van der Waals surface area contributed by atoms with Crippen LogP contribution in [0.4, 0.5) is 5.69 Å². The molecule has 0 unspecified atom stereocenters. The molecule has 0 saturated carbocycles. The minimum absolute atomic E-state index is 0.580. The zero-order valence-corrected chi connectivity index (χ0v) is 23.9. The predicted molar refractivity (Wildman–Crippen MR) is 174 cm³/mol. The minimum Gasteiger partial charge on any atom is -0.309 e. The SMILES string of the molecule is [C-]#[N+]c1ccc2sc(-c3ccc4c(c3)c3cc(-c5nc6cc(C#N)ccc6s5)ccc3n4-c3ccc(C#N)cc3)nc2c1. The number of hydrogen-bond donors (Lipinski definition) is 0. The van der Waals surface area contributed by atoms with Crippen LogP contribution in [0.5, 0.6) is 0 Å². The molecule has 6 nitrogen and oxygen atoms in total. The zero-order chi connectivity index (χ0) is 29.1. The lowest BCUT2D eigenvalue weighted by Crippen LogP contribution is -1.93. The summed E-state index contributed by atoms with van der Waals surface area (Å²) < 4.78 is 4.30. The van der Waals surface area contributed by atoms with Gasteiger partial charge in [0.15, 0.2) is 5.69 Å². The van der Waals surface area contributed by atoms with Crippen molar-refractivity contribution in [2.45, 2.75) is 0 Å². The fourth-order valence-electron chi connectivity index (χ4n) is 5.48. The van der Waals surface area contributed by atoms with E-state index in [-0.39, 0.29) is 0 Å². The van der Waals surface area contributed by atoms with Crippen LogP contribution in [0.3, 0.4) is 0 Å². The number of thiazole rings is 2. The normalized spacial score (nSPS) is 11.2. The summed E-state index contributed by atoms with van der Waals surface area (Å²) in [5.41, 5.74) is 8.49. The lowest BCUT2D eigenvalue weighted by molar-refractivity contribution is 1.18. The molecule has 198 valence electrons. The third-order valence-electron chi connectivity index (χ3n) is 7.53. The van der Waals surface area contributed by atoms with E-state index in [0.717, 1.165) is 69.1 Å². The predicted octanol–water partition coefficient (Wildman–Crippen LogP) is 9.63. The molecule has 8 heteroatoms. The lowest BCUT2D eigenvalue weighted by atomic mass is 10.1.